The molecule has 0 saturated carbocycles. The highest BCUT2D eigenvalue weighted by Gasteiger charge is 2.12. The molecule has 0 aliphatic carbocycles. The Kier molecular flexibility index (Phi) is 2.96. The minimum absolute atomic E-state index is 0.435. The number of aromatic nitrogens is 4. The van der Waals surface area contributed by atoms with Crippen molar-refractivity contribution in [2.75, 3.05) is 0 Å². The highest BCUT2D eigenvalue weighted by atomic mass is 16.3. The van der Waals surface area contributed by atoms with Crippen LogP contribution >= 0.6 is 0 Å². The minimum atomic E-state index is -0.628. The van der Waals surface area contributed by atoms with Crippen LogP contribution in [0.3, 0.4) is 0 Å². The zero-order valence-electron chi connectivity index (χ0n) is 9.33. The van der Waals surface area contributed by atoms with Gasteiger partial charge in [-0.25, -0.2) is 0 Å². The molecule has 2 aromatic rings. The van der Waals surface area contributed by atoms with Gasteiger partial charge in [-0.15, -0.1) is 5.10 Å². The Morgan fingerprint density at radius 3 is 2.88 bits per heavy atom. The van der Waals surface area contributed by atoms with Crippen molar-refractivity contribution in [3.63, 3.8) is 0 Å². The Morgan fingerprint density at radius 1 is 1.44 bits per heavy atom. The van der Waals surface area contributed by atoms with Gasteiger partial charge < -0.3 is 5.11 Å². The zero-order valence-corrected chi connectivity index (χ0v) is 9.33. The van der Waals surface area contributed by atoms with Crippen LogP contribution in [0.1, 0.15) is 23.2 Å². The molecule has 0 aliphatic heterocycles. The molecule has 2 rings (SSSR count). The number of pyridine rings is 1. The van der Waals surface area contributed by atoms with E-state index < -0.39 is 6.10 Å². The molecule has 0 spiro atoms. The van der Waals surface area contributed by atoms with Gasteiger partial charge in [-0.3, -0.25) is 9.67 Å². The molecule has 1 unspecified atom stereocenters. The lowest BCUT2D eigenvalue weighted by molar-refractivity contribution is 0.172. The third-order valence-electron chi connectivity index (χ3n) is 2.30. The molecule has 0 bridgehead atoms. The van der Waals surface area contributed by atoms with Crippen molar-refractivity contribution in [2.24, 2.45) is 7.05 Å². The van der Waals surface area contributed by atoms with Crippen LogP contribution in [0, 0.1) is 6.92 Å². The standard InChI is InChI=1S/C11H14N4O/c1-8-4-3-5-10(12-8)11(16)6-9-7-15(2)14-13-9/h3-5,7,11,16H,6H2,1-2H3. The largest absolute Gasteiger partial charge is 0.386 e. The summed E-state index contributed by atoms with van der Waals surface area (Å²) in [7, 11) is 1.80. The number of aryl methyl sites for hydroxylation is 2. The lowest BCUT2D eigenvalue weighted by atomic mass is 10.1. The van der Waals surface area contributed by atoms with E-state index in [4.69, 9.17) is 0 Å². The molecule has 2 aromatic heterocycles. The number of hydrogen-bond donors (Lipinski definition) is 1. The molecule has 0 saturated heterocycles. The second-order valence-corrected chi connectivity index (χ2v) is 3.81. The second kappa shape index (κ2) is 4.40. The van der Waals surface area contributed by atoms with E-state index in [9.17, 15) is 5.11 Å². The van der Waals surface area contributed by atoms with E-state index in [0.29, 0.717) is 12.1 Å². The quantitative estimate of drug-likeness (QED) is 0.827. The molecule has 1 N–H and O–H groups in total. The highest BCUT2D eigenvalue weighted by Crippen LogP contribution is 2.14. The topological polar surface area (TPSA) is 63.8 Å². The van der Waals surface area contributed by atoms with Crippen molar-refractivity contribution in [1.82, 2.24) is 20.0 Å². The van der Waals surface area contributed by atoms with Gasteiger partial charge in [0.05, 0.1) is 11.4 Å². The Bertz CT molecular complexity index is 480. The summed E-state index contributed by atoms with van der Waals surface area (Å²) in [6, 6.07) is 5.60. The van der Waals surface area contributed by atoms with Crippen LogP contribution in [0.4, 0.5) is 0 Å². The Labute approximate surface area is 93.8 Å². The first kappa shape index (κ1) is 10.8. The lowest BCUT2D eigenvalue weighted by Crippen LogP contribution is -2.05. The van der Waals surface area contributed by atoms with Crippen molar-refractivity contribution in [2.45, 2.75) is 19.4 Å². The molecule has 0 radical (unpaired) electrons. The van der Waals surface area contributed by atoms with Crippen LogP contribution < -0.4 is 0 Å². The van der Waals surface area contributed by atoms with Crippen LogP contribution in [-0.2, 0) is 13.5 Å². The third kappa shape index (κ3) is 2.43. The summed E-state index contributed by atoms with van der Waals surface area (Å²) in [5.41, 5.74) is 2.33. The lowest BCUT2D eigenvalue weighted by Gasteiger charge is -2.08. The second-order valence-electron chi connectivity index (χ2n) is 3.81. The van der Waals surface area contributed by atoms with Crippen LogP contribution in [0.25, 0.3) is 0 Å². The molecule has 84 valence electrons. The summed E-state index contributed by atoms with van der Waals surface area (Å²) in [6.07, 6.45) is 1.60. The summed E-state index contributed by atoms with van der Waals surface area (Å²) in [5, 5.41) is 17.7. The molecule has 2 heterocycles. The SMILES string of the molecule is Cc1cccc(C(O)Cc2cn(C)nn2)n1. The zero-order chi connectivity index (χ0) is 11.5. The van der Waals surface area contributed by atoms with E-state index in [1.165, 1.54) is 0 Å². The highest BCUT2D eigenvalue weighted by molar-refractivity contribution is 5.13. The fourth-order valence-corrected chi connectivity index (χ4v) is 1.54. The van der Waals surface area contributed by atoms with Crippen molar-refractivity contribution >= 4 is 0 Å². The first-order valence-corrected chi connectivity index (χ1v) is 5.12. The molecule has 0 aliphatic rings. The molecule has 0 aromatic carbocycles. The van der Waals surface area contributed by atoms with E-state index in [-0.39, 0.29) is 0 Å². The predicted octanol–water partition coefficient (Wildman–Crippen LogP) is 0.795. The molecule has 0 amide bonds. The molecular formula is C11H14N4O. The third-order valence-corrected chi connectivity index (χ3v) is 2.30. The normalized spacial score (nSPS) is 12.7. The maximum atomic E-state index is 9.97. The monoisotopic (exact) mass is 218 g/mol. The van der Waals surface area contributed by atoms with Gasteiger partial charge in [0.1, 0.15) is 6.10 Å². The average molecular weight is 218 g/mol. The summed E-state index contributed by atoms with van der Waals surface area (Å²) in [5.74, 6) is 0. The van der Waals surface area contributed by atoms with Crippen molar-refractivity contribution in [3.05, 3.63) is 41.5 Å². The molecular weight excluding hydrogens is 204 g/mol. The first-order valence-electron chi connectivity index (χ1n) is 5.12. The maximum Gasteiger partial charge on any atom is 0.102 e. The average Bonchev–Trinajstić information content (AvgIpc) is 2.64. The van der Waals surface area contributed by atoms with Gasteiger partial charge in [0.15, 0.2) is 0 Å². The van der Waals surface area contributed by atoms with Gasteiger partial charge in [0.2, 0.25) is 0 Å². The smallest absolute Gasteiger partial charge is 0.102 e. The van der Waals surface area contributed by atoms with E-state index in [1.54, 1.807) is 17.9 Å². The fourth-order valence-electron chi connectivity index (χ4n) is 1.54. The first-order chi connectivity index (χ1) is 7.65. The van der Waals surface area contributed by atoms with E-state index in [1.807, 2.05) is 25.1 Å². The maximum absolute atomic E-state index is 9.97. The van der Waals surface area contributed by atoms with Gasteiger partial charge >= 0.3 is 0 Å². The van der Waals surface area contributed by atoms with Gasteiger partial charge in [-0.1, -0.05) is 11.3 Å². The van der Waals surface area contributed by atoms with E-state index >= 15 is 0 Å². The Morgan fingerprint density at radius 2 is 2.25 bits per heavy atom. The number of aliphatic hydroxyl groups excluding tert-OH is 1. The molecule has 5 heteroatoms. The molecule has 16 heavy (non-hydrogen) atoms. The number of aliphatic hydroxyl groups is 1. The predicted molar refractivity (Wildman–Crippen MR) is 58.6 cm³/mol. The van der Waals surface area contributed by atoms with Crippen molar-refractivity contribution in [3.8, 4) is 0 Å². The van der Waals surface area contributed by atoms with Crippen LogP contribution in [0.5, 0.6) is 0 Å². The van der Waals surface area contributed by atoms with E-state index in [2.05, 4.69) is 15.3 Å². The van der Waals surface area contributed by atoms with Crippen molar-refractivity contribution < 1.29 is 5.11 Å². The van der Waals surface area contributed by atoms with Crippen LogP contribution in [-0.4, -0.2) is 25.1 Å². The van der Waals surface area contributed by atoms with Gasteiger partial charge in [-0.05, 0) is 19.1 Å². The molecule has 0 fully saturated rings. The number of rotatable bonds is 3. The van der Waals surface area contributed by atoms with Gasteiger partial charge in [0.25, 0.3) is 0 Å². The van der Waals surface area contributed by atoms with Crippen LogP contribution in [0.2, 0.25) is 0 Å². The summed E-state index contributed by atoms with van der Waals surface area (Å²) in [4.78, 5) is 4.27. The number of nitrogens with zero attached hydrogens (tertiary/aromatic N) is 4. The van der Waals surface area contributed by atoms with Gasteiger partial charge in [-0.2, -0.15) is 0 Å². The van der Waals surface area contributed by atoms with Crippen molar-refractivity contribution in [1.29, 1.82) is 0 Å². The minimum Gasteiger partial charge on any atom is -0.386 e. The Balaban J connectivity index is 2.11. The van der Waals surface area contributed by atoms with Crippen LogP contribution in [0.15, 0.2) is 24.4 Å². The van der Waals surface area contributed by atoms with E-state index in [0.717, 1.165) is 11.4 Å². The Hall–Kier alpha value is -1.75. The summed E-state index contributed by atoms with van der Waals surface area (Å²) in [6.45, 7) is 1.90. The summed E-state index contributed by atoms with van der Waals surface area (Å²) < 4.78 is 1.62. The molecule has 5 nitrogen and oxygen atoms in total. The summed E-state index contributed by atoms with van der Waals surface area (Å²) >= 11 is 0. The van der Waals surface area contributed by atoms with Gasteiger partial charge in [0, 0.05) is 25.4 Å². The number of hydrogen-bond acceptors (Lipinski definition) is 4. The molecule has 1 atom stereocenters. The fraction of sp³-hybridized carbons (Fsp3) is 0.364.